The van der Waals surface area contributed by atoms with E-state index < -0.39 is 0 Å². The molecule has 0 aliphatic rings. The minimum absolute atomic E-state index is 0.795. The molecule has 0 fully saturated rings. The number of para-hydroxylation sites is 2. The van der Waals surface area contributed by atoms with Crippen molar-refractivity contribution in [2.45, 2.75) is 6.42 Å². The van der Waals surface area contributed by atoms with Crippen molar-refractivity contribution in [1.82, 2.24) is 0 Å². The lowest BCUT2D eigenvalue weighted by molar-refractivity contribution is 1.02. The molecule has 0 radical (unpaired) electrons. The third-order valence-corrected chi connectivity index (χ3v) is 3.13. The predicted octanol–water partition coefficient (Wildman–Crippen LogP) is 3.69. The van der Waals surface area contributed by atoms with Crippen LogP contribution in [0, 0.1) is 0 Å². The van der Waals surface area contributed by atoms with Crippen molar-refractivity contribution in [1.29, 1.82) is 0 Å². The van der Waals surface area contributed by atoms with Gasteiger partial charge in [0, 0.05) is 11.0 Å². The number of anilines is 2. The summed E-state index contributed by atoms with van der Waals surface area (Å²) in [5.74, 6) is 0. The Labute approximate surface area is 110 Å². The van der Waals surface area contributed by atoms with Crippen LogP contribution in [0.2, 0.25) is 0 Å². The molecular weight excluding hydrogens is 276 g/mol. The molecule has 0 bridgehead atoms. The van der Waals surface area contributed by atoms with Gasteiger partial charge in [-0.3, -0.25) is 0 Å². The number of hydrogen-bond acceptors (Lipinski definition) is 2. The van der Waals surface area contributed by atoms with Crippen LogP contribution in [-0.4, -0.2) is 6.54 Å². The normalized spacial score (nSPS) is 10.2. The van der Waals surface area contributed by atoms with E-state index in [-0.39, 0.29) is 0 Å². The zero-order valence-electron chi connectivity index (χ0n) is 9.49. The summed E-state index contributed by atoms with van der Waals surface area (Å²) in [7, 11) is 0. The lowest BCUT2D eigenvalue weighted by Crippen LogP contribution is -2.06. The van der Waals surface area contributed by atoms with E-state index in [1.54, 1.807) is 0 Å². The molecule has 2 aromatic rings. The minimum atomic E-state index is 0.795. The zero-order valence-corrected chi connectivity index (χ0v) is 11.1. The molecule has 0 aromatic heterocycles. The number of benzene rings is 2. The molecule has 0 spiro atoms. The first kappa shape index (κ1) is 12.0. The van der Waals surface area contributed by atoms with Gasteiger partial charge in [-0.25, -0.2) is 0 Å². The maximum atomic E-state index is 5.85. The highest BCUT2D eigenvalue weighted by molar-refractivity contribution is 9.10. The van der Waals surface area contributed by atoms with E-state index in [1.807, 2.05) is 24.3 Å². The highest BCUT2D eigenvalue weighted by Gasteiger charge is 1.97. The van der Waals surface area contributed by atoms with Crippen molar-refractivity contribution < 1.29 is 0 Å². The van der Waals surface area contributed by atoms with Gasteiger partial charge in [-0.2, -0.15) is 0 Å². The Morgan fingerprint density at radius 2 is 1.71 bits per heavy atom. The largest absolute Gasteiger partial charge is 0.397 e. The van der Waals surface area contributed by atoms with Crippen LogP contribution in [0.5, 0.6) is 0 Å². The SMILES string of the molecule is Nc1ccccc1NCCc1ccc(Br)cc1. The van der Waals surface area contributed by atoms with Crippen LogP contribution >= 0.6 is 15.9 Å². The maximum Gasteiger partial charge on any atom is 0.0574 e. The Morgan fingerprint density at radius 3 is 2.41 bits per heavy atom. The molecule has 2 aromatic carbocycles. The molecule has 0 saturated carbocycles. The molecule has 0 heterocycles. The molecule has 0 amide bonds. The Balaban J connectivity index is 1.88. The van der Waals surface area contributed by atoms with Crippen LogP contribution in [0.4, 0.5) is 11.4 Å². The summed E-state index contributed by atoms with van der Waals surface area (Å²) in [4.78, 5) is 0. The monoisotopic (exact) mass is 290 g/mol. The molecule has 2 rings (SSSR count). The van der Waals surface area contributed by atoms with Crippen molar-refractivity contribution in [3.05, 3.63) is 58.6 Å². The highest BCUT2D eigenvalue weighted by Crippen LogP contribution is 2.17. The molecule has 0 aliphatic carbocycles. The number of nitrogens with two attached hydrogens (primary N) is 1. The summed E-state index contributed by atoms with van der Waals surface area (Å²) < 4.78 is 1.11. The standard InChI is InChI=1S/C14H15BrN2/c15-12-7-5-11(6-8-12)9-10-17-14-4-2-1-3-13(14)16/h1-8,17H,9-10,16H2. The second kappa shape index (κ2) is 5.73. The van der Waals surface area contributed by atoms with Crippen molar-refractivity contribution in [2.24, 2.45) is 0 Å². The second-order valence-corrected chi connectivity index (χ2v) is 4.81. The van der Waals surface area contributed by atoms with E-state index in [2.05, 4.69) is 45.5 Å². The average Bonchev–Trinajstić information content (AvgIpc) is 2.34. The van der Waals surface area contributed by atoms with Gasteiger partial charge in [0.25, 0.3) is 0 Å². The average molecular weight is 291 g/mol. The summed E-state index contributed by atoms with van der Waals surface area (Å²) in [6.07, 6.45) is 0.988. The summed E-state index contributed by atoms with van der Waals surface area (Å²) in [6, 6.07) is 16.2. The van der Waals surface area contributed by atoms with E-state index in [9.17, 15) is 0 Å². The molecule has 3 N–H and O–H groups in total. The van der Waals surface area contributed by atoms with Crippen LogP contribution in [0.1, 0.15) is 5.56 Å². The Bertz CT molecular complexity index is 480. The Kier molecular flexibility index (Phi) is 4.04. The van der Waals surface area contributed by atoms with Gasteiger partial charge in [-0.15, -0.1) is 0 Å². The van der Waals surface area contributed by atoms with E-state index in [0.29, 0.717) is 0 Å². The molecule has 88 valence electrons. The quantitative estimate of drug-likeness (QED) is 0.843. The fourth-order valence-electron chi connectivity index (χ4n) is 1.65. The zero-order chi connectivity index (χ0) is 12.1. The summed E-state index contributed by atoms with van der Waals surface area (Å²) in [5, 5.41) is 3.34. The summed E-state index contributed by atoms with van der Waals surface area (Å²) >= 11 is 3.43. The maximum absolute atomic E-state index is 5.85. The Morgan fingerprint density at radius 1 is 1.00 bits per heavy atom. The lowest BCUT2D eigenvalue weighted by atomic mass is 10.1. The fraction of sp³-hybridized carbons (Fsp3) is 0.143. The number of halogens is 1. The molecule has 0 atom stereocenters. The first-order valence-corrected chi connectivity index (χ1v) is 6.38. The van der Waals surface area contributed by atoms with Crippen LogP contribution in [0.3, 0.4) is 0 Å². The lowest BCUT2D eigenvalue weighted by Gasteiger charge is -2.08. The van der Waals surface area contributed by atoms with Gasteiger partial charge in [0.15, 0.2) is 0 Å². The van der Waals surface area contributed by atoms with Crippen LogP contribution in [-0.2, 0) is 6.42 Å². The summed E-state index contributed by atoms with van der Waals surface area (Å²) in [5.41, 5.74) is 8.97. The number of rotatable bonds is 4. The first-order valence-electron chi connectivity index (χ1n) is 5.58. The van der Waals surface area contributed by atoms with Crippen molar-refractivity contribution >= 4 is 27.3 Å². The van der Waals surface area contributed by atoms with E-state index in [0.717, 1.165) is 28.8 Å². The van der Waals surface area contributed by atoms with Gasteiger partial charge < -0.3 is 11.1 Å². The number of hydrogen-bond donors (Lipinski definition) is 2. The highest BCUT2D eigenvalue weighted by atomic mass is 79.9. The number of nitrogens with one attached hydrogen (secondary N) is 1. The van der Waals surface area contributed by atoms with Gasteiger partial charge in [-0.05, 0) is 36.2 Å². The number of nitrogen functional groups attached to an aromatic ring is 1. The van der Waals surface area contributed by atoms with Crippen LogP contribution in [0.25, 0.3) is 0 Å². The van der Waals surface area contributed by atoms with Crippen molar-refractivity contribution in [3.8, 4) is 0 Å². The topological polar surface area (TPSA) is 38.0 Å². The first-order chi connectivity index (χ1) is 8.25. The summed E-state index contributed by atoms with van der Waals surface area (Å²) in [6.45, 7) is 0.885. The predicted molar refractivity (Wildman–Crippen MR) is 77.2 cm³/mol. The molecule has 3 heteroatoms. The van der Waals surface area contributed by atoms with Gasteiger partial charge >= 0.3 is 0 Å². The second-order valence-electron chi connectivity index (χ2n) is 3.89. The van der Waals surface area contributed by atoms with Crippen LogP contribution < -0.4 is 11.1 Å². The van der Waals surface area contributed by atoms with Crippen molar-refractivity contribution in [3.63, 3.8) is 0 Å². The van der Waals surface area contributed by atoms with Gasteiger partial charge in [0.05, 0.1) is 11.4 Å². The molecule has 17 heavy (non-hydrogen) atoms. The van der Waals surface area contributed by atoms with Crippen molar-refractivity contribution in [2.75, 3.05) is 17.6 Å². The molecule has 0 aliphatic heterocycles. The van der Waals surface area contributed by atoms with Gasteiger partial charge in [-0.1, -0.05) is 40.2 Å². The Hall–Kier alpha value is -1.48. The molecular formula is C14H15BrN2. The molecule has 2 nitrogen and oxygen atoms in total. The fourth-order valence-corrected chi connectivity index (χ4v) is 1.91. The third-order valence-electron chi connectivity index (χ3n) is 2.60. The van der Waals surface area contributed by atoms with Gasteiger partial charge in [0.1, 0.15) is 0 Å². The molecule has 0 saturated heterocycles. The minimum Gasteiger partial charge on any atom is -0.397 e. The smallest absolute Gasteiger partial charge is 0.0574 e. The van der Waals surface area contributed by atoms with Gasteiger partial charge in [0.2, 0.25) is 0 Å². The van der Waals surface area contributed by atoms with E-state index in [4.69, 9.17) is 5.73 Å². The third kappa shape index (κ3) is 3.49. The molecule has 0 unspecified atom stereocenters. The van der Waals surface area contributed by atoms with E-state index >= 15 is 0 Å². The van der Waals surface area contributed by atoms with Crippen LogP contribution in [0.15, 0.2) is 53.0 Å². The van der Waals surface area contributed by atoms with E-state index in [1.165, 1.54) is 5.56 Å².